The van der Waals surface area contributed by atoms with Crippen LogP contribution in [0.2, 0.25) is 0 Å². The van der Waals surface area contributed by atoms with Crippen molar-refractivity contribution in [3.05, 3.63) is 188 Å². The Bertz CT molecular complexity index is 2810. The van der Waals surface area contributed by atoms with Gasteiger partial charge in [-0.05, 0) is 101 Å². The van der Waals surface area contributed by atoms with E-state index in [0.717, 1.165) is 38.8 Å². The van der Waals surface area contributed by atoms with Crippen LogP contribution in [0.5, 0.6) is 0 Å². The quantitative estimate of drug-likeness (QED) is 0.176. The summed E-state index contributed by atoms with van der Waals surface area (Å²) in [7, 11) is 0. The summed E-state index contributed by atoms with van der Waals surface area (Å²) in [5.41, 5.74) is 11.4. The van der Waals surface area contributed by atoms with Gasteiger partial charge in [-0.25, -0.2) is 4.98 Å². The molecule has 0 unspecified atom stereocenters. The Hall–Kier alpha value is -6.49. The van der Waals surface area contributed by atoms with Gasteiger partial charge in [0, 0.05) is 39.1 Å². The zero-order chi connectivity index (χ0) is 33.7. The first kappa shape index (κ1) is 29.4. The molecule has 0 fully saturated rings. The molecule has 10 aromatic rings. The molecule has 240 valence electrons. The van der Waals surface area contributed by atoms with Crippen LogP contribution in [0.4, 0.5) is 17.1 Å². The molecule has 0 atom stereocenters. The summed E-state index contributed by atoms with van der Waals surface area (Å²) in [6.45, 7) is 0. The first-order chi connectivity index (χ1) is 25.3. The van der Waals surface area contributed by atoms with Crippen molar-refractivity contribution in [2.75, 3.05) is 4.90 Å². The molecule has 0 saturated carbocycles. The summed E-state index contributed by atoms with van der Waals surface area (Å²) in [4.78, 5) is 7.29. The third-order valence-corrected chi connectivity index (χ3v) is 10.9. The second-order valence-corrected chi connectivity index (χ2v) is 13.9. The molecule has 0 bridgehead atoms. The number of anilines is 3. The molecule has 0 aliphatic rings. The number of fused-ring (bicyclic) bond motifs is 5. The van der Waals surface area contributed by atoms with Crippen molar-refractivity contribution in [2.45, 2.75) is 0 Å². The third-order valence-electron chi connectivity index (χ3n) is 9.82. The van der Waals surface area contributed by atoms with E-state index in [-0.39, 0.29) is 0 Å². The number of para-hydroxylation sites is 3. The fourth-order valence-corrected chi connectivity index (χ4v) is 8.39. The summed E-state index contributed by atoms with van der Waals surface area (Å²) < 4.78 is 3.58. The van der Waals surface area contributed by atoms with Crippen molar-refractivity contribution < 1.29 is 0 Å². The Morgan fingerprint density at radius 3 is 1.88 bits per heavy atom. The highest BCUT2D eigenvalue weighted by Crippen LogP contribution is 2.41. The molecule has 0 aliphatic carbocycles. The van der Waals surface area contributed by atoms with E-state index in [0.29, 0.717) is 0 Å². The van der Waals surface area contributed by atoms with E-state index in [1.807, 2.05) is 6.07 Å². The number of nitrogens with zero attached hydrogens (tertiary/aromatic N) is 3. The SMILES string of the molecule is c1ccc(-n2c3ccccc3c3ccc(N(c4ccc(-c5nc6ccccc6s5)cc4)c4ccc(-c5cccc6ccccc56)cc4)cc32)cc1. The Morgan fingerprint density at radius 2 is 1.08 bits per heavy atom. The van der Waals surface area contributed by atoms with Gasteiger partial charge < -0.3 is 9.47 Å². The number of hydrogen-bond donors (Lipinski definition) is 0. The zero-order valence-corrected chi connectivity index (χ0v) is 28.5. The minimum Gasteiger partial charge on any atom is -0.310 e. The topological polar surface area (TPSA) is 21.1 Å². The van der Waals surface area contributed by atoms with Crippen molar-refractivity contribution in [1.82, 2.24) is 9.55 Å². The maximum absolute atomic E-state index is 4.93. The fraction of sp³-hybridized carbons (Fsp3) is 0. The number of benzene rings is 8. The summed E-state index contributed by atoms with van der Waals surface area (Å²) in [5, 5.41) is 6.01. The summed E-state index contributed by atoms with van der Waals surface area (Å²) in [6, 6.07) is 67.5. The lowest BCUT2D eigenvalue weighted by Gasteiger charge is -2.26. The summed E-state index contributed by atoms with van der Waals surface area (Å²) >= 11 is 1.73. The van der Waals surface area contributed by atoms with Gasteiger partial charge in [-0.15, -0.1) is 11.3 Å². The number of rotatable bonds is 6. The average Bonchev–Trinajstić information content (AvgIpc) is 3.78. The highest BCUT2D eigenvalue weighted by Gasteiger charge is 2.18. The molecule has 3 nitrogen and oxygen atoms in total. The lowest BCUT2D eigenvalue weighted by molar-refractivity contribution is 1.18. The van der Waals surface area contributed by atoms with E-state index in [1.165, 1.54) is 48.4 Å². The predicted octanol–water partition coefficient (Wildman–Crippen LogP) is 13.4. The first-order valence-electron chi connectivity index (χ1n) is 17.2. The van der Waals surface area contributed by atoms with E-state index in [4.69, 9.17) is 4.98 Å². The van der Waals surface area contributed by atoms with Gasteiger partial charge in [0.2, 0.25) is 0 Å². The van der Waals surface area contributed by atoms with Gasteiger partial charge in [-0.3, -0.25) is 0 Å². The Balaban J connectivity index is 1.13. The summed E-state index contributed by atoms with van der Waals surface area (Å²) in [6.07, 6.45) is 0. The first-order valence-corrected chi connectivity index (χ1v) is 18.0. The van der Waals surface area contributed by atoms with Crippen molar-refractivity contribution in [2.24, 2.45) is 0 Å². The van der Waals surface area contributed by atoms with Gasteiger partial charge >= 0.3 is 0 Å². The highest BCUT2D eigenvalue weighted by molar-refractivity contribution is 7.21. The van der Waals surface area contributed by atoms with Crippen LogP contribution >= 0.6 is 11.3 Å². The monoisotopic (exact) mass is 669 g/mol. The van der Waals surface area contributed by atoms with Gasteiger partial charge in [0.15, 0.2) is 0 Å². The molecular weight excluding hydrogens is 639 g/mol. The average molecular weight is 670 g/mol. The number of hydrogen-bond acceptors (Lipinski definition) is 3. The second kappa shape index (κ2) is 12.1. The molecule has 10 rings (SSSR count). The van der Waals surface area contributed by atoms with Crippen LogP contribution in [-0.4, -0.2) is 9.55 Å². The predicted molar refractivity (Wildman–Crippen MR) is 217 cm³/mol. The van der Waals surface area contributed by atoms with Gasteiger partial charge in [0.25, 0.3) is 0 Å². The lowest BCUT2D eigenvalue weighted by Crippen LogP contribution is -2.10. The molecule has 0 amide bonds. The van der Waals surface area contributed by atoms with Gasteiger partial charge in [0.05, 0.1) is 21.3 Å². The molecule has 0 aliphatic heterocycles. The van der Waals surface area contributed by atoms with Gasteiger partial charge in [0.1, 0.15) is 5.01 Å². The van der Waals surface area contributed by atoms with Crippen molar-refractivity contribution in [1.29, 1.82) is 0 Å². The molecule has 4 heteroatoms. The molecule has 2 aromatic heterocycles. The van der Waals surface area contributed by atoms with Crippen LogP contribution in [0.1, 0.15) is 0 Å². The minimum atomic E-state index is 1.03. The largest absolute Gasteiger partial charge is 0.310 e. The highest BCUT2D eigenvalue weighted by atomic mass is 32.1. The van der Waals surface area contributed by atoms with Gasteiger partial charge in [-0.1, -0.05) is 109 Å². The standard InChI is InChI=1S/C47H31N3S/c1-2-13-35(14-3-1)50-44-19-8-6-16-41(44)42-30-29-38(31-45(42)50)49(37-27-23-34(24-28-37)47-48-43-18-7-9-20-46(43)51-47)36-25-21-33(22-26-36)40-17-10-12-32-11-4-5-15-39(32)40/h1-31H. The Labute approximate surface area is 299 Å². The maximum Gasteiger partial charge on any atom is 0.124 e. The molecule has 51 heavy (non-hydrogen) atoms. The molecular formula is C47H31N3S. The van der Waals surface area contributed by atoms with Crippen LogP contribution in [0.3, 0.4) is 0 Å². The van der Waals surface area contributed by atoms with E-state index in [2.05, 4.69) is 191 Å². The minimum absolute atomic E-state index is 1.03. The van der Waals surface area contributed by atoms with E-state index < -0.39 is 0 Å². The van der Waals surface area contributed by atoms with E-state index in [1.54, 1.807) is 11.3 Å². The fourth-order valence-electron chi connectivity index (χ4n) is 7.42. The van der Waals surface area contributed by atoms with Crippen molar-refractivity contribution >= 4 is 71.2 Å². The number of aromatic nitrogens is 2. The normalized spacial score (nSPS) is 11.5. The zero-order valence-electron chi connectivity index (χ0n) is 27.6. The molecule has 0 radical (unpaired) electrons. The second-order valence-electron chi connectivity index (χ2n) is 12.8. The van der Waals surface area contributed by atoms with Crippen molar-refractivity contribution in [3.63, 3.8) is 0 Å². The lowest BCUT2D eigenvalue weighted by atomic mass is 9.98. The molecule has 2 heterocycles. The van der Waals surface area contributed by atoms with E-state index >= 15 is 0 Å². The van der Waals surface area contributed by atoms with Crippen molar-refractivity contribution in [3.8, 4) is 27.4 Å². The smallest absolute Gasteiger partial charge is 0.124 e. The van der Waals surface area contributed by atoms with Gasteiger partial charge in [-0.2, -0.15) is 0 Å². The molecule has 0 N–H and O–H groups in total. The van der Waals surface area contributed by atoms with Crippen LogP contribution < -0.4 is 4.90 Å². The van der Waals surface area contributed by atoms with Crippen LogP contribution in [-0.2, 0) is 0 Å². The third kappa shape index (κ3) is 5.08. The molecule has 8 aromatic carbocycles. The van der Waals surface area contributed by atoms with Crippen LogP contribution in [0, 0.1) is 0 Å². The van der Waals surface area contributed by atoms with Crippen LogP contribution in [0.15, 0.2) is 188 Å². The molecule has 0 spiro atoms. The molecule has 0 saturated heterocycles. The number of thiazole rings is 1. The summed E-state index contributed by atoms with van der Waals surface area (Å²) in [5.74, 6) is 0. The van der Waals surface area contributed by atoms with E-state index in [9.17, 15) is 0 Å². The Morgan fingerprint density at radius 1 is 0.451 bits per heavy atom. The maximum atomic E-state index is 4.93. The Kier molecular flexibility index (Phi) is 7.00. The van der Waals surface area contributed by atoms with Crippen LogP contribution in [0.25, 0.3) is 70.2 Å².